The van der Waals surface area contributed by atoms with Gasteiger partial charge in [0, 0.05) is 12.8 Å². The maximum Gasteiger partial charge on any atom is 0.306 e. The molecule has 0 aliphatic heterocycles. The summed E-state index contributed by atoms with van der Waals surface area (Å²) in [6.45, 7) is 4.18. The zero-order valence-electron chi connectivity index (χ0n) is 31.7. The van der Waals surface area contributed by atoms with E-state index >= 15 is 0 Å². The Kier molecular flexibility index (Phi) is 30.9. The van der Waals surface area contributed by atoms with Gasteiger partial charge in [-0.15, -0.1) is 0 Å². The number of carbonyl (C=O) groups is 2. The van der Waals surface area contributed by atoms with E-state index in [0.29, 0.717) is 17.4 Å². The van der Waals surface area contributed by atoms with Crippen molar-refractivity contribution in [3.05, 3.63) is 12.2 Å². The summed E-state index contributed by atoms with van der Waals surface area (Å²) < 4.78 is 33.7. The Bertz CT molecular complexity index is 845. The van der Waals surface area contributed by atoms with E-state index in [1.807, 2.05) is 21.1 Å². The molecule has 0 bridgehead atoms. The van der Waals surface area contributed by atoms with Gasteiger partial charge in [0.25, 0.3) is 7.82 Å². The molecule has 0 N–H and O–H groups in total. The topological polar surface area (TPSA) is 111 Å². The lowest BCUT2D eigenvalue weighted by Crippen LogP contribution is -2.37. The zero-order chi connectivity index (χ0) is 35.8. The van der Waals surface area contributed by atoms with Gasteiger partial charge >= 0.3 is 11.9 Å². The SMILES string of the molecule is CCCCCCC/C=C\CCCCCCCC(=O)OC(COC(=O)CCCCCCCCCCCC)COP(=O)([O-])OCC[N+](C)(C)C. The maximum absolute atomic E-state index is 12.6. The van der Waals surface area contributed by atoms with Gasteiger partial charge in [-0.1, -0.05) is 129 Å². The van der Waals surface area contributed by atoms with Crippen LogP contribution in [0.3, 0.4) is 0 Å². The van der Waals surface area contributed by atoms with Gasteiger partial charge in [0.15, 0.2) is 6.10 Å². The number of allylic oxidation sites excluding steroid dienone is 2. The number of phosphoric acid groups is 1. The van der Waals surface area contributed by atoms with Crippen molar-refractivity contribution in [1.82, 2.24) is 0 Å². The van der Waals surface area contributed by atoms with Gasteiger partial charge in [0.05, 0.1) is 27.7 Å². The summed E-state index contributed by atoms with van der Waals surface area (Å²) in [6.07, 6.45) is 29.5. The van der Waals surface area contributed by atoms with Gasteiger partial charge in [-0.25, -0.2) is 0 Å². The summed E-state index contributed by atoms with van der Waals surface area (Å²) in [6, 6.07) is 0. The van der Waals surface area contributed by atoms with E-state index in [9.17, 15) is 19.0 Å². The first-order chi connectivity index (χ1) is 23.0. The monoisotopic (exact) mass is 704 g/mol. The summed E-state index contributed by atoms with van der Waals surface area (Å²) >= 11 is 0. The van der Waals surface area contributed by atoms with Crippen molar-refractivity contribution in [2.24, 2.45) is 0 Å². The number of unbranched alkanes of at least 4 members (excludes halogenated alkanes) is 19. The molecule has 9 nitrogen and oxygen atoms in total. The number of nitrogens with zero attached hydrogens (tertiary/aromatic N) is 1. The normalized spacial score (nSPS) is 13.9. The molecule has 0 amide bonds. The Labute approximate surface area is 295 Å². The van der Waals surface area contributed by atoms with Crippen LogP contribution in [0.2, 0.25) is 0 Å². The zero-order valence-corrected chi connectivity index (χ0v) is 32.6. The van der Waals surface area contributed by atoms with Crippen molar-refractivity contribution in [2.75, 3.05) is 47.5 Å². The summed E-state index contributed by atoms with van der Waals surface area (Å²) in [5.41, 5.74) is 0. The summed E-state index contributed by atoms with van der Waals surface area (Å²) in [4.78, 5) is 37.3. The second-order valence-corrected chi connectivity index (χ2v) is 15.7. The molecule has 284 valence electrons. The molecule has 0 fully saturated rings. The van der Waals surface area contributed by atoms with E-state index in [-0.39, 0.29) is 32.0 Å². The smallest absolute Gasteiger partial charge is 0.306 e. The van der Waals surface area contributed by atoms with Crippen LogP contribution in [0.25, 0.3) is 0 Å². The molecule has 0 aliphatic rings. The molecule has 0 spiro atoms. The van der Waals surface area contributed by atoms with Crippen LogP contribution in [0.15, 0.2) is 12.2 Å². The lowest BCUT2D eigenvalue weighted by Gasteiger charge is -2.28. The van der Waals surface area contributed by atoms with E-state index in [4.69, 9.17) is 18.5 Å². The number of carbonyl (C=O) groups excluding carboxylic acids is 2. The number of quaternary nitrogens is 1. The van der Waals surface area contributed by atoms with E-state index < -0.39 is 26.5 Å². The van der Waals surface area contributed by atoms with Crippen molar-refractivity contribution >= 4 is 19.8 Å². The molecular formula is C38H74NO8P. The third-order valence-corrected chi connectivity index (χ3v) is 9.25. The molecule has 0 rings (SSSR count). The predicted octanol–water partition coefficient (Wildman–Crippen LogP) is 9.61. The van der Waals surface area contributed by atoms with Crippen LogP contribution in [0.4, 0.5) is 0 Å². The van der Waals surface area contributed by atoms with Gasteiger partial charge in [0.1, 0.15) is 19.8 Å². The highest BCUT2D eigenvalue weighted by molar-refractivity contribution is 7.45. The van der Waals surface area contributed by atoms with E-state index in [2.05, 4.69) is 26.0 Å². The van der Waals surface area contributed by atoms with Crippen LogP contribution in [0, 0.1) is 0 Å². The average Bonchev–Trinajstić information content (AvgIpc) is 3.02. The van der Waals surface area contributed by atoms with E-state index in [1.165, 1.54) is 83.5 Å². The van der Waals surface area contributed by atoms with Gasteiger partial charge in [-0.05, 0) is 38.5 Å². The average molecular weight is 704 g/mol. The number of hydrogen-bond acceptors (Lipinski definition) is 8. The van der Waals surface area contributed by atoms with E-state index in [0.717, 1.165) is 51.4 Å². The minimum absolute atomic E-state index is 0.0298. The highest BCUT2D eigenvalue weighted by Crippen LogP contribution is 2.38. The van der Waals surface area contributed by atoms with Crippen LogP contribution in [-0.4, -0.2) is 70.0 Å². The molecule has 0 saturated heterocycles. The fourth-order valence-corrected chi connectivity index (χ4v) is 5.91. The van der Waals surface area contributed by atoms with Gasteiger partial charge in [0.2, 0.25) is 0 Å². The first-order valence-corrected chi connectivity index (χ1v) is 20.9. The number of phosphoric ester groups is 1. The minimum Gasteiger partial charge on any atom is -0.756 e. The van der Waals surface area contributed by atoms with Crippen LogP contribution in [-0.2, 0) is 32.7 Å². The molecule has 0 aromatic carbocycles. The highest BCUT2D eigenvalue weighted by atomic mass is 31.2. The molecule has 0 radical (unpaired) electrons. The lowest BCUT2D eigenvalue weighted by atomic mass is 10.1. The van der Waals surface area contributed by atoms with Gasteiger partial charge in [-0.3, -0.25) is 14.2 Å². The summed E-state index contributed by atoms with van der Waals surface area (Å²) in [5.74, 6) is -0.843. The van der Waals surface area contributed by atoms with Gasteiger partial charge in [-0.2, -0.15) is 0 Å². The molecular weight excluding hydrogens is 629 g/mol. The molecule has 0 saturated carbocycles. The predicted molar refractivity (Wildman–Crippen MR) is 195 cm³/mol. The van der Waals surface area contributed by atoms with Crippen LogP contribution in [0.1, 0.15) is 168 Å². The number of hydrogen-bond donors (Lipinski definition) is 0. The second-order valence-electron chi connectivity index (χ2n) is 14.3. The molecule has 48 heavy (non-hydrogen) atoms. The maximum atomic E-state index is 12.6. The molecule has 0 aromatic rings. The quantitative estimate of drug-likeness (QED) is 0.0211. The Morgan fingerprint density at radius 3 is 1.54 bits per heavy atom. The van der Waals surface area contributed by atoms with Crippen molar-refractivity contribution in [3.8, 4) is 0 Å². The molecule has 2 atom stereocenters. The standard InChI is InChI=1S/C38H74NO8P/c1-6-8-10-12-14-16-18-19-20-21-23-25-27-29-31-38(41)47-36(35-46-48(42,43)45-33-32-39(3,4)5)34-44-37(40)30-28-26-24-22-17-15-13-11-9-7-2/h18-19,36H,6-17,20-35H2,1-5H3/b19-18-. The molecule has 2 unspecified atom stereocenters. The fraction of sp³-hybridized carbons (Fsp3) is 0.895. The van der Waals surface area contributed by atoms with Gasteiger partial charge < -0.3 is 27.9 Å². The Hall–Kier alpha value is -1.25. The van der Waals surface area contributed by atoms with Crippen LogP contribution >= 0.6 is 7.82 Å². The van der Waals surface area contributed by atoms with Crippen LogP contribution in [0.5, 0.6) is 0 Å². The number of esters is 2. The highest BCUT2D eigenvalue weighted by Gasteiger charge is 2.21. The second kappa shape index (κ2) is 31.7. The Morgan fingerprint density at radius 2 is 1.06 bits per heavy atom. The lowest BCUT2D eigenvalue weighted by molar-refractivity contribution is -0.870. The number of likely N-dealkylation sites (N-methyl/N-ethyl adjacent to an activating group) is 1. The molecule has 0 aromatic heterocycles. The first-order valence-electron chi connectivity index (χ1n) is 19.4. The largest absolute Gasteiger partial charge is 0.756 e. The third kappa shape index (κ3) is 34.6. The van der Waals surface area contributed by atoms with Crippen molar-refractivity contribution in [1.29, 1.82) is 0 Å². The summed E-state index contributed by atoms with van der Waals surface area (Å²) in [7, 11) is 1.16. The molecule has 0 heterocycles. The summed E-state index contributed by atoms with van der Waals surface area (Å²) in [5, 5.41) is 0. The van der Waals surface area contributed by atoms with Crippen molar-refractivity contribution in [2.45, 2.75) is 174 Å². The number of ether oxygens (including phenoxy) is 2. The third-order valence-electron chi connectivity index (χ3n) is 8.29. The van der Waals surface area contributed by atoms with E-state index in [1.54, 1.807) is 0 Å². The molecule has 10 heteroatoms. The Balaban J connectivity index is 4.44. The number of rotatable bonds is 35. The van der Waals surface area contributed by atoms with Crippen molar-refractivity contribution < 1.29 is 42.1 Å². The Morgan fingerprint density at radius 1 is 0.625 bits per heavy atom. The van der Waals surface area contributed by atoms with Crippen molar-refractivity contribution in [3.63, 3.8) is 0 Å². The van der Waals surface area contributed by atoms with Crippen LogP contribution < -0.4 is 4.89 Å². The minimum atomic E-state index is -4.61. The molecule has 0 aliphatic carbocycles. The fourth-order valence-electron chi connectivity index (χ4n) is 5.18. The first kappa shape index (κ1) is 46.8.